The summed E-state index contributed by atoms with van der Waals surface area (Å²) in [4.78, 5) is 24.7. The summed E-state index contributed by atoms with van der Waals surface area (Å²) in [5.74, 6) is 0.259. The largest absolute Gasteiger partial charge is 0.481 e. The highest BCUT2D eigenvalue weighted by molar-refractivity contribution is 5.80. The van der Waals surface area contributed by atoms with Gasteiger partial charge in [0.2, 0.25) is 0 Å². The van der Waals surface area contributed by atoms with Crippen LogP contribution in [0.25, 0.3) is 0 Å². The lowest BCUT2D eigenvalue weighted by Crippen LogP contribution is -2.40. The van der Waals surface area contributed by atoms with Gasteiger partial charge in [-0.15, -0.1) is 0 Å². The molecule has 9 unspecified atom stereocenters. The molecule has 0 aliphatic heterocycles. The van der Waals surface area contributed by atoms with Gasteiger partial charge in [-0.2, -0.15) is 0 Å². The van der Waals surface area contributed by atoms with Crippen LogP contribution in [0.15, 0.2) is 0 Å². The second-order valence-electron chi connectivity index (χ2n) is 11.8. The number of aliphatic hydroxyl groups is 1. The number of aliphatic hydroxyl groups excluding tert-OH is 1. The van der Waals surface area contributed by atoms with Gasteiger partial charge in [-0.25, -0.2) is 0 Å². The Kier molecular flexibility index (Phi) is 21.1. The van der Waals surface area contributed by atoms with Crippen molar-refractivity contribution >= 4 is 11.9 Å². The van der Waals surface area contributed by atoms with Gasteiger partial charge in [0.25, 0.3) is 0 Å². The number of rotatable bonds is 10. The standard InChI is InChI=1S/C26H44O6.6CH4/c1-15-6-9-20(11-23(15)27)26(4,5)12-21(17(3)24(28)29)25(30)32-14-31-13-22-16(2)18-7-8-19(22)10-18;;;;;;/h15-23,27H,6-14H2,1-5H3,(H,28,29);6*1H4. The molecule has 38 heavy (non-hydrogen) atoms. The van der Waals surface area contributed by atoms with E-state index in [0.29, 0.717) is 31.3 Å². The Hall–Kier alpha value is -1.14. The predicted octanol–water partition coefficient (Wildman–Crippen LogP) is 8.55. The summed E-state index contributed by atoms with van der Waals surface area (Å²) in [6.45, 7) is 10.6. The topological polar surface area (TPSA) is 93.1 Å². The van der Waals surface area contributed by atoms with Crippen molar-refractivity contribution < 1.29 is 29.3 Å². The highest BCUT2D eigenvalue weighted by Gasteiger charge is 2.45. The molecule has 9 atom stereocenters. The summed E-state index contributed by atoms with van der Waals surface area (Å²) >= 11 is 0. The fourth-order valence-electron chi connectivity index (χ4n) is 6.75. The quantitative estimate of drug-likeness (QED) is 0.161. The summed E-state index contributed by atoms with van der Waals surface area (Å²) in [5.41, 5.74) is -0.270. The van der Waals surface area contributed by atoms with Crippen molar-refractivity contribution in [3.8, 4) is 0 Å². The van der Waals surface area contributed by atoms with Crippen LogP contribution in [0.1, 0.15) is 124 Å². The third-order valence-corrected chi connectivity index (χ3v) is 9.43. The molecule has 3 aliphatic rings. The molecule has 0 radical (unpaired) electrons. The van der Waals surface area contributed by atoms with E-state index in [9.17, 15) is 19.8 Å². The van der Waals surface area contributed by atoms with Gasteiger partial charge in [0, 0.05) is 0 Å². The molecule has 0 aromatic rings. The lowest BCUT2D eigenvalue weighted by Gasteiger charge is -2.42. The van der Waals surface area contributed by atoms with Crippen molar-refractivity contribution in [2.75, 3.05) is 13.4 Å². The zero-order valence-electron chi connectivity index (χ0n) is 20.6. The van der Waals surface area contributed by atoms with E-state index in [0.717, 1.165) is 24.7 Å². The molecular weight excluding hydrogens is 480 g/mol. The van der Waals surface area contributed by atoms with E-state index in [2.05, 4.69) is 27.7 Å². The maximum Gasteiger partial charge on any atom is 0.311 e. The van der Waals surface area contributed by atoms with E-state index in [1.54, 1.807) is 6.92 Å². The van der Waals surface area contributed by atoms with Crippen LogP contribution in [0.4, 0.5) is 0 Å². The van der Waals surface area contributed by atoms with Gasteiger partial charge >= 0.3 is 11.9 Å². The third-order valence-electron chi connectivity index (χ3n) is 9.43. The first-order valence-electron chi connectivity index (χ1n) is 12.7. The van der Waals surface area contributed by atoms with Crippen molar-refractivity contribution in [2.24, 2.45) is 52.8 Å². The van der Waals surface area contributed by atoms with E-state index < -0.39 is 23.8 Å². The van der Waals surface area contributed by atoms with E-state index in [4.69, 9.17) is 9.47 Å². The monoisotopic (exact) mass is 549 g/mol. The van der Waals surface area contributed by atoms with Gasteiger partial charge in [-0.1, -0.05) is 79.2 Å². The number of esters is 1. The minimum absolute atomic E-state index is 0. The van der Waals surface area contributed by atoms with Crippen LogP contribution in [0.2, 0.25) is 0 Å². The van der Waals surface area contributed by atoms with Gasteiger partial charge in [-0.05, 0) is 85.9 Å². The lowest BCUT2D eigenvalue weighted by atomic mass is 9.64. The third kappa shape index (κ3) is 10.1. The van der Waals surface area contributed by atoms with Crippen molar-refractivity contribution in [1.29, 1.82) is 0 Å². The minimum atomic E-state index is -0.989. The summed E-state index contributed by atoms with van der Waals surface area (Å²) in [5, 5.41) is 20.0. The van der Waals surface area contributed by atoms with Crippen molar-refractivity contribution in [3.63, 3.8) is 0 Å². The number of carboxylic acid groups (broad SMARTS) is 1. The molecule has 6 nitrogen and oxygen atoms in total. The zero-order valence-corrected chi connectivity index (χ0v) is 20.6. The molecule has 3 saturated carbocycles. The first kappa shape index (κ1) is 43.9. The molecule has 232 valence electrons. The molecule has 0 aromatic carbocycles. The van der Waals surface area contributed by atoms with Crippen molar-refractivity contribution in [3.05, 3.63) is 0 Å². The highest BCUT2D eigenvalue weighted by Crippen LogP contribution is 2.52. The summed E-state index contributed by atoms with van der Waals surface area (Å²) in [6, 6.07) is 0. The first-order chi connectivity index (χ1) is 15.0. The van der Waals surface area contributed by atoms with Crippen LogP contribution in [0, 0.1) is 52.8 Å². The Morgan fingerprint density at radius 1 is 0.921 bits per heavy atom. The Morgan fingerprint density at radius 2 is 1.50 bits per heavy atom. The van der Waals surface area contributed by atoms with E-state index in [1.807, 2.05) is 0 Å². The average molecular weight is 549 g/mol. The first-order valence-corrected chi connectivity index (χ1v) is 12.7. The summed E-state index contributed by atoms with van der Waals surface area (Å²) in [7, 11) is 0. The minimum Gasteiger partial charge on any atom is -0.481 e. The Bertz CT molecular complexity index is 660. The molecule has 0 amide bonds. The maximum atomic E-state index is 12.9. The number of aliphatic carboxylic acids is 1. The van der Waals surface area contributed by atoms with Gasteiger partial charge in [0.1, 0.15) is 0 Å². The zero-order chi connectivity index (χ0) is 23.6. The molecule has 0 saturated heterocycles. The summed E-state index contributed by atoms with van der Waals surface area (Å²) < 4.78 is 11.2. The SMILES string of the molecule is C.C.C.C.C.C.CC1CCC(C(C)(C)CC(C(=O)OCOCC2C3CCC(C3)C2C)C(C)C(=O)O)CC1O. The number of ether oxygens (including phenoxy) is 2. The smallest absolute Gasteiger partial charge is 0.311 e. The number of hydrogen-bond acceptors (Lipinski definition) is 5. The molecule has 3 aliphatic carbocycles. The Balaban J connectivity index is -0.000000963. The van der Waals surface area contributed by atoms with Crippen LogP contribution in [0.3, 0.4) is 0 Å². The van der Waals surface area contributed by atoms with Gasteiger partial charge < -0.3 is 19.7 Å². The van der Waals surface area contributed by atoms with Gasteiger partial charge in [0.05, 0.1) is 24.5 Å². The lowest BCUT2D eigenvalue weighted by molar-refractivity contribution is -0.170. The average Bonchev–Trinajstić information content (AvgIpc) is 3.32. The normalized spacial score (nSPS) is 30.8. The van der Waals surface area contributed by atoms with Crippen LogP contribution >= 0.6 is 0 Å². The fourth-order valence-corrected chi connectivity index (χ4v) is 6.75. The Labute approximate surface area is 237 Å². The molecule has 0 spiro atoms. The van der Waals surface area contributed by atoms with E-state index in [1.165, 1.54) is 19.3 Å². The summed E-state index contributed by atoms with van der Waals surface area (Å²) in [6.07, 6.45) is 6.64. The van der Waals surface area contributed by atoms with E-state index >= 15 is 0 Å². The molecule has 6 heteroatoms. The molecule has 2 bridgehead atoms. The van der Waals surface area contributed by atoms with Crippen molar-refractivity contribution in [1.82, 2.24) is 0 Å². The second-order valence-corrected chi connectivity index (χ2v) is 11.8. The molecule has 3 fully saturated rings. The van der Waals surface area contributed by atoms with Crippen molar-refractivity contribution in [2.45, 2.75) is 130 Å². The Morgan fingerprint density at radius 3 is 2.00 bits per heavy atom. The number of carbonyl (C=O) groups excluding carboxylic acids is 1. The molecule has 2 N–H and O–H groups in total. The number of carbonyl (C=O) groups is 2. The van der Waals surface area contributed by atoms with E-state index in [-0.39, 0.29) is 74.7 Å². The number of carboxylic acids is 1. The fraction of sp³-hybridized carbons (Fsp3) is 0.938. The number of fused-ring (bicyclic) bond motifs is 2. The van der Waals surface area contributed by atoms with Crippen LogP contribution in [0.5, 0.6) is 0 Å². The van der Waals surface area contributed by atoms with Gasteiger partial charge in [0.15, 0.2) is 6.79 Å². The van der Waals surface area contributed by atoms with Crippen LogP contribution in [-0.2, 0) is 19.1 Å². The van der Waals surface area contributed by atoms with Gasteiger partial charge in [-0.3, -0.25) is 9.59 Å². The number of hydrogen-bond donors (Lipinski definition) is 2. The van der Waals surface area contributed by atoms with Crippen LogP contribution in [-0.4, -0.2) is 41.7 Å². The molecule has 0 heterocycles. The highest BCUT2D eigenvalue weighted by atomic mass is 16.7. The van der Waals surface area contributed by atoms with Crippen LogP contribution < -0.4 is 0 Å². The maximum absolute atomic E-state index is 12.9. The predicted molar refractivity (Wildman–Crippen MR) is 162 cm³/mol. The molecule has 3 rings (SSSR count). The molecular formula is C32H68O6. The molecule has 0 aromatic heterocycles. The second kappa shape index (κ2) is 18.3.